The number of nitrogens with zero attached hydrogens (tertiary/aromatic N) is 1. The van der Waals surface area contributed by atoms with Crippen LogP contribution in [0.3, 0.4) is 0 Å². The molecule has 0 aliphatic carbocycles. The van der Waals surface area contributed by atoms with Gasteiger partial charge in [-0.2, -0.15) is 5.26 Å². The number of hydrogen-bond acceptors (Lipinski definition) is 3. The van der Waals surface area contributed by atoms with Crippen LogP contribution in [0.4, 0.5) is 0 Å². The Balaban J connectivity index is 2.61. The molecule has 0 saturated heterocycles. The van der Waals surface area contributed by atoms with Gasteiger partial charge in [0.2, 0.25) is 0 Å². The topological polar surface area (TPSA) is 35.8 Å². The smallest absolute Gasteiger partial charge is 0.113 e. The molecule has 1 atom stereocenters. The third-order valence-corrected chi connectivity index (χ3v) is 3.92. The average molecular weight is 285 g/mol. The van der Waals surface area contributed by atoms with Crippen molar-refractivity contribution >= 4 is 27.7 Å². The van der Waals surface area contributed by atoms with E-state index in [0.29, 0.717) is 0 Å². The minimum Gasteiger partial charge on any atom is -0.302 e. The van der Waals surface area contributed by atoms with E-state index in [1.807, 2.05) is 32.2 Å². The van der Waals surface area contributed by atoms with Crippen molar-refractivity contribution in [2.24, 2.45) is 0 Å². The predicted octanol–water partition coefficient (Wildman–Crippen LogP) is 3.04. The number of thioether (sulfide) groups is 1. The van der Waals surface area contributed by atoms with Crippen molar-refractivity contribution in [3.05, 3.63) is 28.7 Å². The van der Waals surface area contributed by atoms with Gasteiger partial charge in [-0.25, -0.2) is 0 Å². The highest BCUT2D eigenvalue weighted by Gasteiger charge is 2.20. The Labute approximate surface area is 103 Å². The summed E-state index contributed by atoms with van der Waals surface area (Å²) in [4.78, 5) is 1.17. The maximum absolute atomic E-state index is 8.98. The highest BCUT2D eigenvalue weighted by atomic mass is 79.9. The number of halogens is 1. The molecule has 0 fully saturated rings. The molecule has 0 spiro atoms. The van der Waals surface area contributed by atoms with Crippen LogP contribution in [0.25, 0.3) is 0 Å². The van der Waals surface area contributed by atoms with E-state index in [2.05, 4.69) is 33.4 Å². The number of benzene rings is 1. The Morgan fingerprint density at radius 1 is 1.60 bits per heavy atom. The molecule has 0 aliphatic rings. The molecule has 1 rings (SSSR count). The van der Waals surface area contributed by atoms with Gasteiger partial charge in [0.25, 0.3) is 0 Å². The Kier molecular flexibility index (Phi) is 4.65. The fourth-order valence-corrected chi connectivity index (χ4v) is 2.54. The molecular weight excluding hydrogens is 272 g/mol. The predicted molar refractivity (Wildman–Crippen MR) is 67.9 cm³/mol. The van der Waals surface area contributed by atoms with Gasteiger partial charge in [-0.15, -0.1) is 11.8 Å². The maximum Gasteiger partial charge on any atom is 0.113 e. The van der Waals surface area contributed by atoms with E-state index in [-0.39, 0.29) is 0 Å². The second-order valence-corrected chi connectivity index (χ2v) is 5.40. The van der Waals surface area contributed by atoms with E-state index in [4.69, 9.17) is 5.26 Å². The molecule has 0 saturated carbocycles. The monoisotopic (exact) mass is 284 g/mol. The van der Waals surface area contributed by atoms with Crippen LogP contribution in [-0.4, -0.2) is 18.3 Å². The third-order valence-electron chi connectivity index (χ3n) is 2.12. The molecule has 2 nitrogen and oxygen atoms in total. The second-order valence-electron chi connectivity index (χ2n) is 3.44. The normalized spacial score (nSPS) is 14.3. The van der Waals surface area contributed by atoms with Crippen molar-refractivity contribution in [3.8, 4) is 6.07 Å². The molecule has 15 heavy (non-hydrogen) atoms. The first kappa shape index (κ1) is 12.6. The zero-order chi connectivity index (χ0) is 11.3. The van der Waals surface area contributed by atoms with E-state index in [0.717, 1.165) is 10.2 Å². The second kappa shape index (κ2) is 5.55. The molecular formula is C11H13BrN2S. The van der Waals surface area contributed by atoms with Crippen LogP contribution in [-0.2, 0) is 0 Å². The van der Waals surface area contributed by atoms with E-state index < -0.39 is 5.54 Å². The lowest BCUT2D eigenvalue weighted by atomic mass is 10.1. The van der Waals surface area contributed by atoms with Crippen molar-refractivity contribution in [3.63, 3.8) is 0 Å². The van der Waals surface area contributed by atoms with Gasteiger partial charge in [0, 0.05) is 15.1 Å². The van der Waals surface area contributed by atoms with Crippen molar-refractivity contribution < 1.29 is 0 Å². The molecule has 1 aromatic carbocycles. The largest absolute Gasteiger partial charge is 0.302 e. The molecule has 0 aliphatic heterocycles. The first-order valence-electron chi connectivity index (χ1n) is 4.58. The molecule has 4 heteroatoms. The molecule has 1 aromatic rings. The minimum atomic E-state index is -0.465. The highest BCUT2D eigenvalue weighted by Crippen LogP contribution is 2.24. The van der Waals surface area contributed by atoms with Gasteiger partial charge in [0.05, 0.1) is 6.07 Å². The van der Waals surface area contributed by atoms with Crippen molar-refractivity contribution in [1.29, 1.82) is 5.26 Å². The van der Waals surface area contributed by atoms with Crippen LogP contribution < -0.4 is 5.32 Å². The van der Waals surface area contributed by atoms with E-state index in [1.165, 1.54) is 4.90 Å². The fourth-order valence-electron chi connectivity index (χ4n) is 0.945. The Hall–Kier alpha value is -0.500. The summed E-state index contributed by atoms with van der Waals surface area (Å²) in [5.74, 6) is 0.733. The van der Waals surface area contributed by atoms with Crippen LogP contribution in [0.1, 0.15) is 6.92 Å². The van der Waals surface area contributed by atoms with Gasteiger partial charge in [0.15, 0.2) is 0 Å². The summed E-state index contributed by atoms with van der Waals surface area (Å²) in [6.07, 6.45) is 0. The Bertz CT molecular complexity index is 375. The van der Waals surface area contributed by atoms with Crippen molar-refractivity contribution in [2.75, 3.05) is 12.8 Å². The number of hydrogen-bond donors (Lipinski definition) is 1. The summed E-state index contributed by atoms with van der Waals surface area (Å²) < 4.78 is 1.07. The molecule has 0 radical (unpaired) electrons. The minimum absolute atomic E-state index is 0.465. The molecule has 0 heterocycles. The lowest BCUT2D eigenvalue weighted by molar-refractivity contribution is 0.550. The van der Waals surface area contributed by atoms with Gasteiger partial charge in [-0.3, -0.25) is 0 Å². The maximum atomic E-state index is 8.98. The van der Waals surface area contributed by atoms with Crippen LogP contribution in [0, 0.1) is 11.3 Å². The zero-order valence-electron chi connectivity index (χ0n) is 8.75. The summed E-state index contributed by atoms with van der Waals surface area (Å²) in [5, 5.41) is 12.0. The van der Waals surface area contributed by atoms with E-state index in [9.17, 15) is 0 Å². The number of rotatable bonds is 4. The van der Waals surface area contributed by atoms with Gasteiger partial charge < -0.3 is 5.32 Å². The van der Waals surface area contributed by atoms with Crippen LogP contribution in [0.2, 0.25) is 0 Å². The summed E-state index contributed by atoms with van der Waals surface area (Å²) >= 11 is 5.10. The van der Waals surface area contributed by atoms with E-state index >= 15 is 0 Å². The van der Waals surface area contributed by atoms with E-state index in [1.54, 1.807) is 11.8 Å². The quantitative estimate of drug-likeness (QED) is 0.864. The number of nitriles is 1. The van der Waals surface area contributed by atoms with Gasteiger partial charge in [-0.05, 0) is 32.2 Å². The molecule has 1 N–H and O–H groups in total. The molecule has 0 bridgehead atoms. The van der Waals surface area contributed by atoms with Gasteiger partial charge in [0.1, 0.15) is 5.54 Å². The van der Waals surface area contributed by atoms with Gasteiger partial charge >= 0.3 is 0 Å². The standard InChI is InChI=1S/C11H13BrN2S/c1-11(7-13,14-2)8-15-10-5-3-4-9(12)6-10/h3-6,14H,8H2,1-2H3. The van der Waals surface area contributed by atoms with Crippen molar-refractivity contribution in [1.82, 2.24) is 5.32 Å². The summed E-state index contributed by atoms with van der Waals surface area (Å²) in [6, 6.07) is 10.4. The SMILES string of the molecule is CNC(C)(C#N)CSc1cccc(Br)c1. The third kappa shape index (κ3) is 3.86. The van der Waals surface area contributed by atoms with Crippen LogP contribution in [0.15, 0.2) is 33.6 Å². The van der Waals surface area contributed by atoms with Gasteiger partial charge in [-0.1, -0.05) is 22.0 Å². The lowest BCUT2D eigenvalue weighted by Gasteiger charge is -2.19. The highest BCUT2D eigenvalue weighted by molar-refractivity contribution is 9.10. The van der Waals surface area contributed by atoms with Crippen molar-refractivity contribution in [2.45, 2.75) is 17.4 Å². The zero-order valence-corrected chi connectivity index (χ0v) is 11.2. The molecule has 0 amide bonds. The first-order chi connectivity index (χ1) is 7.09. The fraction of sp³-hybridized carbons (Fsp3) is 0.364. The summed E-state index contributed by atoms with van der Waals surface area (Å²) in [6.45, 7) is 1.90. The summed E-state index contributed by atoms with van der Waals surface area (Å²) in [5.41, 5.74) is -0.465. The first-order valence-corrected chi connectivity index (χ1v) is 6.36. The average Bonchev–Trinajstić information content (AvgIpc) is 2.26. The Morgan fingerprint density at radius 3 is 2.87 bits per heavy atom. The number of nitrogens with one attached hydrogen (secondary N) is 1. The van der Waals surface area contributed by atoms with Crippen LogP contribution >= 0.6 is 27.7 Å². The van der Waals surface area contributed by atoms with Crippen LogP contribution in [0.5, 0.6) is 0 Å². The molecule has 1 unspecified atom stereocenters. The molecule has 80 valence electrons. The molecule has 0 aromatic heterocycles. The summed E-state index contributed by atoms with van der Waals surface area (Å²) in [7, 11) is 1.81. The Morgan fingerprint density at radius 2 is 2.33 bits per heavy atom. The lowest BCUT2D eigenvalue weighted by Crippen LogP contribution is -2.40.